The van der Waals surface area contributed by atoms with Crippen LogP contribution in [-0.2, 0) is 16.1 Å². The lowest BCUT2D eigenvalue weighted by molar-refractivity contribution is -0.133. The minimum atomic E-state index is -1.14. The van der Waals surface area contributed by atoms with Crippen LogP contribution in [0.1, 0.15) is 49.6 Å². The number of carboxylic acids is 1. The van der Waals surface area contributed by atoms with E-state index in [0.29, 0.717) is 83.0 Å². The molecule has 0 saturated carbocycles. The summed E-state index contributed by atoms with van der Waals surface area (Å²) in [5, 5.41) is 15.0. The molecule has 1 aliphatic carbocycles. The van der Waals surface area contributed by atoms with E-state index in [1.807, 2.05) is 74.1 Å². The molecule has 8 rings (SSSR count). The molecule has 2 amide bonds. The van der Waals surface area contributed by atoms with Gasteiger partial charge in [0.15, 0.2) is 5.82 Å². The fourth-order valence-corrected chi connectivity index (χ4v) is 8.54. The number of anilines is 1. The van der Waals surface area contributed by atoms with Crippen molar-refractivity contribution in [2.75, 3.05) is 72.9 Å². The predicted octanol–water partition coefficient (Wildman–Crippen LogP) is 6.95. The number of aromatic carboxylic acids is 1. The average Bonchev–Trinajstić information content (AvgIpc) is 3.33. The number of carboxylic acid groups (broad SMARTS) is 1. The zero-order chi connectivity index (χ0) is 48.2. The zero-order valence-electron chi connectivity index (χ0n) is 38.2. The Bertz CT molecular complexity index is 3130. The molecule has 2 N–H and O–H groups in total. The summed E-state index contributed by atoms with van der Waals surface area (Å²) in [5.74, 6) is -2.05. The first kappa shape index (κ1) is 47.0. The van der Waals surface area contributed by atoms with E-state index in [1.54, 1.807) is 35.4 Å². The molecule has 68 heavy (non-hydrogen) atoms. The van der Waals surface area contributed by atoms with Crippen molar-refractivity contribution in [2.24, 2.45) is 0 Å². The van der Waals surface area contributed by atoms with Crippen LogP contribution in [0.15, 0.2) is 102 Å². The number of halogens is 2. The molecule has 3 aliphatic rings. The summed E-state index contributed by atoms with van der Waals surface area (Å²) < 4.78 is 27.7. The number of carbonyl (C=O) groups is 4. The number of nitrogens with one attached hydrogen (secondary N) is 1. The second-order valence-electron chi connectivity index (χ2n) is 16.8. The number of hydrogen-bond acceptors (Lipinski definition) is 11. The standard InChI is InChI=1S/C51H48ClFN8O7/c1-58(2)32-13-17-36-42(27-32)68-43-28-33(59(3)4)14-18-37(43)45(36)38-25-30(11-15-34(38)50(64)65)49(63)55-20-8-10-44(62)61-23-21-60(22-24-61)29-41-46(51(66)67-5)47(35-16-12-31(53)26-39(35)52)57-48(56-41)40-9-6-7-19-54-40/h6-7,9,11-19,25-28H,8,10,20-24,29H2,1-5H3,(H-,55,63,64,65)/p+1. The number of hydrogen-bond donors (Lipinski definition) is 2. The number of ether oxygens (including phenoxy) is 1. The predicted molar refractivity (Wildman–Crippen MR) is 257 cm³/mol. The first-order chi connectivity index (χ1) is 32.7. The number of nitrogens with zero attached hydrogens (tertiary/aromatic N) is 7. The Morgan fingerprint density at radius 2 is 1.69 bits per heavy atom. The molecule has 0 spiro atoms. The van der Waals surface area contributed by atoms with Crippen LogP contribution in [0, 0.1) is 5.82 Å². The molecular formula is C51H49ClFN8O7+. The molecule has 348 valence electrons. The molecule has 1 saturated heterocycles. The number of benzene rings is 4. The van der Waals surface area contributed by atoms with Crippen LogP contribution < -0.4 is 20.1 Å². The Hall–Kier alpha value is -7.56. The van der Waals surface area contributed by atoms with Gasteiger partial charge in [-0.2, -0.15) is 0 Å². The lowest BCUT2D eigenvalue weighted by Gasteiger charge is -2.35. The number of fused-ring (bicyclic) bond motifs is 2. The number of carbonyl (C=O) groups excluding carboxylic acids is 3. The van der Waals surface area contributed by atoms with Gasteiger partial charge < -0.3 is 29.4 Å². The smallest absolute Gasteiger partial charge is 0.342 e. The fourth-order valence-electron chi connectivity index (χ4n) is 8.29. The van der Waals surface area contributed by atoms with Gasteiger partial charge >= 0.3 is 11.9 Å². The lowest BCUT2D eigenvalue weighted by Crippen LogP contribution is -2.48. The fraction of sp³-hybridized carbons (Fsp3) is 0.255. The van der Waals surface area contributed by atoms with Gasteiger partial charge in [-0.3, -0.25) is 19.5 Å². The number of aromatic nitrogens is 3. The summed E-state index contributed by atoms with van der Waals surface area (Å²) in [4.78, 5) is 72.9. The van der Waals surface area contributed by atoms with Gasteiger partial charge in [-0.15, -0.1) is 0 Å². The van der Waals surface area contributed by atoms with Crippen molar-refractivity contribution in [1.29, 1.82) is 0 Å². The van der Waals surface area contributed by atoms with Crippen molar-refractivity contribution in [3.63, 3.8) is 0 Å². The molecule has 0 atom stereocenters. The van der Waals surface area contributed by atoms with E-state index in [2.05, 4.69) is 20.2 Å². The second-order valence-corrected chi connectivity index (χ2v) is 17.2. The van der Waals surface area contributed by atoms with Crippen LogP contribution >= 0.6 is 11.6 Å². The van der Waals surface area contributed by atoms with Crippen molar-refractivity contribution >= 4 is 52.0 Å². The van der Waals surface area contributed by atoms with E-state index < -0.39 is 23.7 Å². The number of pyridine rings is 1. The molecule has 1 fully saturated rings. The molecule has 0 unspecified atom stereocenters. The number of esters is 1. The largest absolute Gasteiger partial charge is 0.478 e. The second kappa shape index (κ2) is 20.1. The number of rotatable bonds is 13. The van der Waals surface area contributed by atoms with Crippen molar-refractivity contribution in [3.05, 3.63) is 136 Å². The van der Waals surface area contributed by atoms with E-state index in [-0.39, 0.29) is 58.6 Å². The van der Waals surface area contributed by atoms with Gasteiger partial charge in [0.2, 0.25) is 11.3 Å². The Morgan fingerprint density at radius 3 is 2.38 bits per heavy atom. The van der Waals surface area contributed by atoms with Gasteiger partial charge in [0.1, 0.15) is 42.5 Å². The molecule has 0 bridgehead atoms. The molecule has 2 aliphatic heterocycles. The molecule has 17 heteroatoms. The average molecular weight is 940 g/mol. The van der Waals surface area contributed by atoms with Crippen LogP contribution in [0.25, 0.3) is 56.2 Å². The van der Waals surface area contributed by atoms with E-state index in [9.17, 15) is 28.7 Å². The van der Waals surface area contributed by atoms with Crippen molar-refractivity contribution in [2.45, 2.75) is 19.4 Å². The normalized spacial score (nSPS) is 12.8. The maximum Gasteiger partial charge on any atom is 0.342 e. The Morgan fingerprint density at radius 1 is 0.912 bits per heavy atom. The van der Waals surface area contributed by atoms with E-state index in [4.69, 9.17) is 25.7 Å². The summed E-state index contributed by atoms with van der Waals surface area (Å²) >= 11 is 6.50. The van der Waals surface area contributed by atoms with Crippen LogP contribution in [0.3, 0.4) is 0 Å². The SMILES string of the molecule is COC(=O)c1c(CN2CCN(C(=O)CCCNC(=O)c3ccc(C(=O)O)c(-c4c5ccc(=[N+](C)C)cc-5oc5cc(N(C)C)ccc45)c3)CC2)nc(-c2ccccn2)nc1-c1ccc(F)cc1Cl. The van der Waals surface area contributed by atoms with Gasteiger partial charge in [-0.25, -0.2) is 28.5 Å². The molecule has 15 nitrogen and oxygen atoms in total. The molecule has 5 aromatic rings. The number of methoxy groups -OCH3 is 1. The Balaban J connectivity index is 0.947. The third-order valence-corrected chi connectivity index (χ3v) is 12.2. The van der Waals surface area contributed by atoms with Gasteiger partial charge in [-0.1, -0.05) is 17.7 Å². The minimum Gasteiger partial charge on any atom is -0.478 e. The summed E-state index contributed by atoms with van der Waals surface area (Å²) in [7, 11) is 8.96. The third-order valence-electron chi connectivity index (χ3n) is 11.9. The van der Waals surface area contributed by atoms with E-state index in [1.165, 1.54) is 31.4 Å². The van der Waals surface area contributed by atoms with Gasteiger partial charge in [0, 0.05) is 111 Å². The van der Waals surface area contributed by atoms with Crippen LogP contribution in [-0.4, -0.2) is 122 Å². The first-order valence-electron chi connectivity index (χ1n) is 21.9. The first-order valence-corrected chi connectivity index (χ1v) is 22.3. The zero-order valence-corrected chi connectivity index (χ0v) is 38.9. The highest BCUT2D eigenvalue weighted by Crippen LogP contribution is 2.42. The summed E-state index contributed by atoms with van der Waals surface area (Å²) in [6, 6.07) is 25.2. The Kier molecular flexibility index (Phi) is 13.9. The highest BCUT2D eigenvalue weighted by molar-refractivity contribution is 6.33. The molecule has 4 heterocycles. The number of piperazine rings is 1. The molecule has 0 radical (unpaired) electrons. The van der Waals surface area contributed by atoms with E-state index in [0.717, 1.165) is 17.1 Å². The summed E-state index contributed by atoms with van der Waals surface area (Å²) in [5.41, 5.74) is 4.86. The third kappa shape index (κ3) is 9.92. The molecule has 3 aromatic carbocycles. The van der Waals surface area contributed by atoms with Crippen molar-refractivity contribution in [1.82, 2.24) is 34.6 Å². The van der Waals surface area contributed by atoms with Gasteiger partial charge in [0.25, 0.3) is 5.91 Å². The molecular weight excluding hydrogens is 891 g/mol. The monoisotopic (exact) mass is 939 g/mol. The number of amides is 2. The van der Waals surface area contributed by atoms with Crippen LogP contribution in [0.5, 0.6) is 0 Å². The van der Waals surface area contributed by atoms with Crippen LogP contribution in [0.2, 0.25) is 5.02 Å². The molecule has 2 aromatic heterocycles. The lowest BCUT2D eigenvalue weighted by atomic mass is 9.89. The topological polar surface area (TPSA) is 174 Å². The maximum absolute atomic E-state index is 14.1. The highest BCUT2D eigenvalue weighted by atomic mass is 35.5. The highest BCUT2D eigenvalue weighted by Gasteiger charge is 2.29. The van der Waals surface area contributed by atoms with Gasteiger partial charge in [-0.05, 0) is 78.7 Å². The van der Waals surface area contributed by atoms with Crippen molar-refractivity contribution in [3.8, 4) is 45.2 Å². The van der Waals surface area contributed by atoms with Gasteiger partial charge in [0.05, 0.1) is 35.2 Å². The minimum absolute atomic E-state index is 0.0317. The maximum atomic E-state index is 14.1. The van der Waals surface area contributed by atoms with E-state index >= 15 is 0 Å². The quantitative estimate of drug-likeness (QED) is 0.0528. The summed E-state index contributed by atoms with van der Waals surface area (Å²) in [6.07, 6.45) is 2.16. The van der Waals surface area contributed by atoms with Crippen molar-refractivity contribution < 1.29 is 37.8 Å². The Labute approximate surface area is 396 Å². The summed E-state index contributed by atoms with van der Waals surface area (Å²) in [6.45, 7) is 2.19. The van der Waals surface area contributed by atoms with Crippen LogP contribution in [0.4, 0.5) is 10.1 Å².